The van der Waals surface area contributed by atoms with Crippen LogP contribution >= 0.6 is 0 Å². The molecule has 0 aliphatic carbocycles. The van der Waals surface area contributed by atoms with Crippen molar-refractivity contribution < 1.29 is 14.5 Å². The van der Waals surface area contributed by atoms with Gasteiger partial charge in [0.25, 0.3) is 0 Å². The number of oxime groups is 1. The molecule has 0 unspecified atom stereocenters. The first-order valence-corrected chi connectivity index (χ1v) is 7.04. The monoisotopic (exact) mass is 293 g/mol. The van der Waals surface area contributed by atoms with Crippen molar-refractivity contribution in [2.45, 2.75) is 25.7 Å². The molecule has 0 amide bonds. The van der Waals surface area contributed by atoms with Crippen LogP contribution in [0.2, 0.25) is 0 Å². The number of rotatable bonds is 6. The van der Waals surface area contributed by atoms with E-state index in [0.717, 1.165) is 19.6 Å². The minimum Gasteiger partial charge on any atom is -0.411 e. The van der Waals surface area contributed by atoms with Gasteiger partial charge in [0.15, 0.2) is 0 Å². The quantitative estimate of drug-likeness (QED) is 0.377. The molecule has 0 aromatic carbocycles. The maximum atomic E-state index is 10.5. The van der Waals surface area contributed by atoms with Gasteiger partial charge in [-0.25, -0.2) is 0 Å². The van der Waals surface area contributed by atoms with Crippen LogP contribution in [0.1, 0.15) is 31.4 Å². The highest BCUT2D eigenvalue weighted by Gasteiger charge is 2.11. The lowest BCUT2D eigenvalue weighted by Gasteiger charge is -2.26. The minimum absolute atomic E-state index is 0.301. The summed E-state index contributed by atoms with van der Waals surface area (Å²) in [7, 11) is 0. The average Bonchev–Trinajstić information content (AvgIpc) is 2.98. The molecule has 1 saturated heterocycles. The van der Waals surface area contributed by atoms with Crippen LogP contribution in [0, 0.1) is 10.1 Å². The minimum atomic E-state index is -0.589. The van der Waals surface area contributed by atoms with E-state index >= 15 is 0 Å². The summed E-state index contributed by atoms with van der Waals surface area (Å²) in [6.07, 6.45) is 7.55. The number of allylic oxidation sites excluding steroid dienone is 1. The largest absolute Gasteiger partial charge is 0.433 e. The first-order chi connectivity index (χ1) is 10.2. The van der Waals surface area contributed by atoms with E-state index in [4.69, 9.17) is 9.62 Å². The molecule has 0 spiro atoms. The van der Waals surface area contributed by atoms with Gasteiger partial charge in [0.1, 0.15) is 10.7 Å². The Bertz CT molecular complexity index is 530. The summed E-state index contributed by atoms with van der Waals surface area (Å²) < 4.78 is 5.00. The summed E-state index contributed by atoms with van der Waals surface area (Å²) in [5.41, 5.74) is 0.527. The Kier molecular flexibility index (Phi) is 5.51. The van der Waals surface area contributed by atoms with Crippen molar-refractivity contribution in [1.82, 2.24) is 4.90 Å². The predicted octanol–water partition coefficient (Wildman–Crippen LogP) is 2.91. The third-order valence-electron chi connectivity index (χ3n) is 3.49. The van der Waals surface area contributed by atoms with E-state index in [0.29, 0.717) is 17.9 Å². The lowest BCUT2D eigenvalue weighted by molar-refractivity contribution is -0.402. The van der Waals surface area contributed by atoms with Crippen LogP contribution in [0.15, 0.2) is 27.8 Å². The summed E-state index contributed by atoms with van der Waals surface area (Å²) in [4.78, 5) is 12.3. The second kappa shape index (κ2) is 7.58. The van der Waals surface area contributed by atoms with E-state index in [2.05, 4.69) is 10.1 Å². The summed E-state index contributed by atoms with van der Waals surface area (Å²) in [5, 5.41) is 22.8. The summed E-state index contributed by atoms with van der Waals surface area (Å²) in [5.74, 6) is 0.0614. The second-order valence-electron chi connectivity index (χ2n) is 5.01. The maximum absolute atomic E-state index is 10.5. The topological polar surface area (TPSA) is 92.1 Å². The lowest BCUT2D eigenvalue weighted by Crippen LogP contribution is -2.31. The molecule has 114 valence electrons. The highest BCUT2D eigenvalue weighted by molar-refractivity contribution is 5.97. The number of piperidine rings is 1. The molecule has 0 saturated carbocycles. The number of hydrogen-bond donors (Lipinski definition) is 1. The molecule has 0 radical (unpaired) electrons. The fraction of sp³-hybridized carbons (Fsp3) is 0.500. The van der Waals surface area contributed by atoms with Gasteiger partial charge in [0.05, 0.1) is 11.8 Å². The highest BCUT2D eigenvalue weighted by atomic mass is 16.6. The van der Waals surface area contributed by atoms with Crippen LogP contribution in [-0.2, 0) is 0 Å². The van der Waals surface area contributed by atoms with Crippen LogP contribution in [0.4, 0.5) is 5.88 Å². The number of hydrogen-bond acceptors (Lipinski definition) is 6. The molecule has 1 aliphatic heterocycles. The summed E-state index contributed by atoms with van der Waals surface area (Å²) >= 11 is 0. The summed E-state index contributed by atoms with van der Waals surface area (Å²) in [6.45, 7) is 3.03. The first-order valence-electron chi connectivity index (χ1n) is 7.04. The molecule has 7 heteroatoms. The van der Waals surface area contributed by atoms with E-state index in [1.165, 1.54) is 31.4 Å². The Morgan fingerprint density at radius 2 is 2.19 bits per heavy atom. The summed E-state index contributed by atoms with van der Waals surface area (Å²) in [6, 6.07) is 2.80. The van der Waals surface area contributed by atoms with E-state index in [9.17, 15) is 10.1 Å². The van der Waals surface area contributed by atoms with Crippen LogP contribution in [0.25, 0.3) is 6.08 Å². The number of furan rings is 1. The third-order valence-corrected chi connectivity index (χ3v) is 3.49. The van der Waals surface area contributed by atoms with Gasteiger partial charge in [-0.15, -0.1) is 0 Å². The zero-order chi connectivity index (χ0) is 15.1. The van der Waals surface area contributed by atoms with E-state index in [-0.39, 0.29) is 5.88 Å². The Labute approximate surface area is 122 Å². The van der Waals surface area contributed by atoms with Crippen LogP contribution < -0.4 is 0 Å². The molecule has 21 heavy (non-hydrogen) atoms. The van der Waals surface area contributed by atoms with E-state index in [1.54, 1.807) is 12.2 Å². The second-order valence-corrected chi connectivity index (χ2v) is 5.01. The highest BCUT2D eigenvalue weighted by Crippen LogP contribution is 2.17. The molecule has 2 heterocycles. The zero-order valence-corrected chi connectivity index (χ0v) is 11.8. The Balaban J connectivity index is 1.85. The molecule has 1 fully saturated rings. The van der Waals surface area contributed by atoms with Gasteiger partial charge in [0.2, 0.25) is 0 Å². The first kappa shape index (κ1) is 15.2. The van der Waals surface area contributed by atoms with Crippen LogP contribution in [0.5, 0.6) is 0 Å². The van der Waals surface area contributed by atoms with Crippen molar-refractivity contribution in [3.63, 3.8) is 0 Å². The van der Waals surface area contributed by atoms with E-state index in [1.807, 2.05) is 0 Å². The van der Waals surface area contributed by atoms with Crippen LogP contribution in [0.3, 0.4) is 0 Å². The molecule has 7 nitrogen and oxygen atoms in total. The Hall–Kier alpha value is -2.15. The van der Waals surface area contributed by atoms with E-state index < -0.39 is 4.92 Å². The average molecular weight is 293 g/mol. The lowest BCUT2D eigenvalue weighted by atomic mass is 10.1. The normalized spacial score (nSPS) is 17.4. The maximum Gasteiger partial charge on any atom is 0.433 e. The van der Waals surface area contributed by atoms with Crippen molar-refractivity contribution in [3.8, 4) is 0 Å². The van der Waals surface area contributed by atoms with Gasteiger partial charge in [0, 0.05) is 13.0 Å². The van der Waals surface area contributed by atoms with Gasteiger partial charge in [-0.05, 0) is 44.1 Å². The smallest absolute Gasteiger partial charge is 0.411 e. The van der Waals surface area contributed by atoms with Gasteiger partial charge < -0.3 is 14.5 Å². The third kappa shape index (κ3) is 4.71. The van der Waals surface area contributed by atoms with Gasteiger partial charge in [-0.3, -0.25) is 10.1 Å². The number of nitro groups is 1. The van der Waals surface area contributed by atoms with Gasteiger partial charge in [-0.1, -0.05) is 11.6 Å². The van der Waals surface area contributed by atoms with Gasteiger partial charge in [-0.2, -0.15) is 0 Å². The van der Waals surface area contributed by atoms with Crippen molar-refractivity contribution in [2.24, 2.45) is 5.16 Å². The molecule has 1 aliphatic rings. The molecular weight excluding hydrogens is 274 g/mol. The molecule has 2 rings (SSSR count). The van der Waals surface area contributed by atoms with Crippen molar-refractivity contribution in [1.29, 1.82) is 0 Å². The van der Waals surface area contributed by atoms with Crippen LogP contribution in [-0.4, -0.2) is 40.4 Å². The fourth-order valence-electron chi connectivity index (χ4n) is 2.33. The van der Waals surface area contributed by atoms with Crippen molar-refractivity contribution in [2.75, 3.05) is 19.6 Å². The molecule has 1 aromatic heterocycles. The zero-order valence-electron chi connectivity index (χ0n) is 11.8. The molecule has 0 bridgehead atoms. The molecular formula is C14H19N3O4. The predicted molar refractivity (Wildman–Crippen MR) is 78.5 cm³/mol. The molecule has 1 N–H and O–H groups in total. The molecule has 0 atom stereocenters. The van der Waals surface area contributed by atoms with Crippen molar-refractivity contribution in [3.05, 3.63) is 34.1 Å². The van der Waals surface area contributed by atoms with Crippen molar-refractivity contribution >= 4 is 17.7 Å². The Morgan fingerprint density at radius 1 is 1.43 bits per heavy atom. The fourth-order valence-corrected chi connectivity index (χ4v) is 2.33. The SMILES string of the molecule is O=[N+]([O-])c1ccc(/C=C/C(CCN2CCCCC2)=N\O)o1. The molecule has 1 aromatic rings. The van der Waals surface area contributed by atoms with Gasteiger partial charge >= 0.3 is 5.88 Å². The number of nitrogens with zero attached hydrogens (tertiary/aromatic N) is 3. The standard InChI is InChI=1S/C14H19N3O4/c18-15-12(8-11-16-9-2-1-3-10-16)4-5-13-6-7-14(21-13)17(19)20/h4-7,18H,1-3,8-11H2/b5-4+,15-12+. The Morgan fingerprint density at radius 3 is 2.81 bits per heavy atom. The number of likely N-dealkylation sites (tertiary alicyclic amines) is 1.